The van der Waals surface area contributed by atoms with Crippen molar-refractivity contribution >= 4 is 11.8 Å². The summed E-state index contributed by atoms with van der Waals surface area (Å²) in [6.45, 7) is -7.90. The molecular weight excluding hydrogens is 1460 g/mol. The number of amides is 2. The van der Waals surface area contributed by atoms with Crippen LogP contribution in [0.15, 0.2) is 0 Å². The molecule has 0 aromatic heterocycles. The molecular formula is C58H98N2O46. The molecule has 2 amide bonds. The van der Waals surface area contributed by atoms with Crippen molar-refractivity contribution in [2.24, 2.45) is 0 Å². The van der Waals surface area contributed by atoms with Gasteiger partial charge in [-0.25, -0.2) is 0 Å². The molecule has 48 heteroatoms. The molecule has 0 radical (unpaired) electrons. The largest absolute Gasteiger partial charge is 0.394 e. The van der Waals surface area contributed by atoms with Crippen molar-refractivity contribution in [3.63, 3.8) is 0 Å². The number of hydrogen-bond donors (Lipinski definition) is 29. The van der Waals surface area contributed by atoms with Crippen LogP contribution < -0.4 is 10.6 Å². The van der Waals surface area contributed by atoms with Crippen molar-refractivity contribution in [3.8, 4) is 0 Å². The Morgan fingerprint density at radius 2 is 0.453 bits per heavy atom. The smallest absolute Gasteiger partial charge is 0.217 e. The molecule has 616 valence electrons. The van der Waals surface area contributed by atoms with Gasteiger partial charge in [-0.2, -0.15) is 0 Å². The van der Waals surface area contributed by atoms with Crippen LogP contribution in [0.25, 0.3) is 0 Å². The SMILES string of the molecule is CC(=O)N[C@@H]1[C@@H](O)[C@H](O[C@@H]2O[C@H](CO)[C@@H](O[C@@H]3O[C@H](CO)[C@@H](O)[C@H](O[C@H]4O[C@H](CO)[C@@H](O)[C@H](O)[C@@H]4O[C@H]4O[C@H](CO)[C@@H](O)[C@H](O)[C@@H]4O[C@H]4O[C@H](CO)[C@@H](O)[C@H](O)[C@@H]4O[C@H]4O[C@H](CO)[C@@H](O)[C@H](O[C@H]5O[C@H](CO)[C@@H](O)[C@H](O)[C@H]5O[C@H]5O[C@H](CO)[C@@H](O)[C@H](O)[C@H]5O)[C@H]4O)[C@@H]3O)[C@H](O)[C@H]2NC(C)=O)[C@@H](CO)O[C@H]1O. The first-order valence-corrected chi connectivity index (χ1v) is 33.7. The van der Waals surface area contributed by atoms with Crippen molar-refractivity contribution < 1.29 is 228 Å². The monoisotopic (exact) mass is 1560 g/mol. The van der Waals surface area contributed by atoms with Crippen molar-refractivity contribution in [2.45, 2.75) is 290 Å². The van der Waals surface area contributed by atoms with Gasteiger partial charge in [0.25, 0.3) is 0 Å². The molecule has 0 spiro atoms. The highest BCUT2D eigenvalue weighted by atomic mass is 16.8. The Balaban J connectivity index is 0.969. The average molecular weight is 1560 g/mol. The first-order valence-electron chi connectivity index (χ1n) is 33.7. The lowest BCUT2D eigenvalue weighted by Gasteiger charge is -2.51. The van der Waals surface area contributed by atoms with E-state index in [1.165, 1.54) is 0 Å². The van der Waals surface area contributed by atoms with Crippen LogP contribution in [0.2, 0.25) is 0 Å². The predicted molar refractivity (Wildman–Crippen MR) is 320 cm³/mol. The molecule has 0 aromatic carbocycles. The molecule has 0 aliphatic carbocycles. The van der Waals surface area contributed by atoms with Gasteiger partial charge in [-0.15, -0.1) is 0 Å². The summed E-state index contributed by atoms with van der Waals surface area (Å²) in [4.78, 5) is 24.7. The van der Waals surface area contributed by atoms with Gasteiger partial charge in [0.05, 0.1) is 59.5 Å². The van der Waals surface area contributed by atoms with Gasteiger partial charge in [-0.1, -0.05) is 0 Å². The van der Waals surface area contributed by atoms with Gasteiger partial charge in [-0.3, -0.25) is 9.59 Å². The molecule has 106 heavy (non-hydrogen) atoms. The van der Waals surface area contributed by atoms with E-state index >= 15 is 0 Å². The lowest BCUT2D eigenvalue weighted by molar-refractivity contribution is -0.417. The Morgan fingerprint density at radius 3 is 0.774 bits per heavy atom. The minimum Gasteiger partial charge on any atom is -0.394 e. The van der Waals surface area contributed by atoms with E-state index in [0.29, 0.717) is 0 Å². The second-order valence-corrected chi connectivity index (χ2v) is 26.6. The van der Waals surface area contributed by atoms with E-state index in [1.54, 1.807) is 0 Å². The number of nitrogens with one attached hydrogen (secondary N) is 2. The van der Waals surface area contributed by atoms with Crippen LogP contribution >= 0.6 is 0 Å². The highest BCUT2D eigenvalue weighted by Gasteiger charge is 2.61. The maximum Gasteiger partial charge on any atom is 0.217 e. The molecule has 9 aliphatic rings. The van der Waals surface area contributed by atoms with Gasteiger partial charge in [0.2, 0.25) is 11.8 Å². The minimum absolute atomic E-state index is 0.752. The van der Waals surface area contributed by atoms with Crippen molar-refractivity contribution in [1.82, 2.24) is 10.6 Å². The summed E-state index contributed by atoms with van der Waals surface area (Å²) in [6.07, 6.45) is -91.4. The van der Waals surface area contributed by atoms with Gasteiger partial charge >= 0.3 is 0 Å². The van der Waals surface area contributed by atoms with Crippen LogP contribution in [0.3, 0.4) is 0 Å². The highest BCUT2D eigenvalue weighted by molar-refractivity contribution is 5.73. The predicted octanol–water partition coefficient (Wildman–Crippen LogP) is -20.3. The first-order chi connectivity index (χ1) is 50.3. The fourth-order valence-corrected chi connectivity index (χ4v) is 13.7. The fraction of sp³-hybridized carbons (Fsp3) is 0.966. The van der Waals surface area contributed by atoms with Gasteiger partial charge in [0, 0.05) is 13.8 Å². The number of aliphatic hydroxyl groups is 27. The van der Waals surface area contributed by atoms with Gasteiger partial charge < -0.3 is 229 Å². The second-order valence-electron chi connectivity index (χ2n) is 26.6. The van der Waals surface area contributed by atoms with Crippen LogP contribution in [0.1, 0.15) is 13.8 Å². The maximum absolute atomic E-state index is 12.7. The molecule has 29 N–H and O–H groups in total. The van der Waals surface area contributed by atoms with E-state index < -0.39 is 348 Å². The lowest BCUT2D eigenvalue weighted by Crippen LogP contribution is -2.70. The zero-order chi connectivity index (χ0) is 77.9. The molecule has 0 bridgehead atoms. The van der Waals surface area contributed by atoms with E-state index in [4.69, 9.17) is 80.5 Å². The van der Waals surface area contributed by atoms with Crippen molar-refractivity contribution in [3.05, 3.63) is 0 Å². The summed E-state index contributed by atoms with van der Waals surface area (Å²) < 4.78 is 98.9. The molecule has 9 rings (SSSR count). The van der Waals surface area contributed by atoms with Crippen LogP contribution in [0.5, 0.6) is 0 Å². The van der Waals surface area contributed by atoms with Crippen LogP contribution in [0.4, 0.5) is 0 Å². The minimum atomic E-state index is -2.47. The summed E-state index contributed by atoms with van der Waals surface area (Å²) in [6, 6.07) is -3.40. The number of aliphatic hydroxyl groups excluding tert-OH is 27. The van der Waals surface area contributed by atoms with Crippen LogP contribution in [-0.2, 0) is 90.1 Å². The van der Waals surface area contributed by atoms with Crippen molar-refractivity contribution in [1.29, 1.82) is 0 Å². The molecule has 9 aliphatic heterocycles. The normalized spacial score (nSPS) is 51.2. The number of hydrogen-bond acceptors (Lipinski definition) is 46. The quantitative estimate of drug-likeness (QED) is 0.0363. The highest BCUT2D eigenvalue weighted by Crippen LogP contribution is 2.41. The van der Waals surface area contributed by atoms with E-state index in [-0.39, 0.29) is 0 Å². The summed E-state index contributed by atoms with van der Waals surface area (Å²) in [5.41, 5.74) is 0. The van der Waals surface area contributed by atoms with Gasteiger partial charge in [-0.05, 0) is 0 Å². The Morgan fingerprint density at radius 1 is 0.226 bits per heavy atom. The molecule has 9 saturated heterocycles. The lowest BCUT2D eigenvalue weighted by atomic mass is 9.94. The zero-order valence-corrected chi connectivity index (χ0v) is 56.2. The molecule has 48 nitrogen and oxygen atoms in total. The molecule has 45 atom stereocenters. The molecule has 0 saturated carbocycles. The Labute approximate surface area is 598 Å². The Bertz CT molecular complexity index is 2720. The van der Waals surface area contributed by atoms with Gasteiger partial charge in [0.15, 0.2) is 56.6 Å². The fourth-order valence-electron chi connectivity index (χ4n) is 13.7. The van der Waals surface area contributed by atoms with Crippen molar-refractivity contribution in [2.75, 3.05) is 59.5 Å². The third-order valence-electron chi connectivity index (χ3n) is 19.6. The van der Waals surface area contributed by atoms with Crippen LogP contribution in [0, 0.1) is 0 Å². The summed E-state index contributed by atoms with van der Waals surface area (Å²) in [5.74, 6) is -1.63. The Kier molecular flexibility index (Phi) is 31.1. The summed E-state index contributed by atoms with van der Waals surface area (Å²) in [5, 5.41) is 302. The second kappa shape index (κ2) is 37.9. The Hall–Kier alpha value is -2.82. The third kappa shape index (κ3) is 18.4. The van der Waals surface area contributed by atoms with E-state index in [0.717, 1.165) is 13.8 Å². The summed E-state index contributed by atoms with van der Waals surface area (Å²) >= 11 is 0. The van der Waals surface area contributed by atoms with Crippen LogP contribution in [-0.4, -0.2) is 485 Å². The van der Waals surface area contributed by atoms with E-state index in [2.05, 4.69) is 10.6 Å². The number of carbonyl (C=O) groups excluding carboxylic acids is 2. The zero-order valence-electron chi connectivity index (χ0n) is 56.2. The van der Waals surface area contributed by atoms with Gasteiger partial charge in [0.1, 0.15) is 220 Å². The number of ether oxygens (including phenoxy) is 17. The average Bonchev–Trinajstić information content (AvgIpc) is 0.770. The van der Waals surface area contributed by atoms with E-state index in [9.17, 15) is 147 Å². The maximum atomic E-state index is 12.7. The molecule has 0 unspecified atom stereocenters. The number of rotatable bonds is 27. The third-order valence-corrected chi connectivity index (χ3v) is 19.6. The summed E-state index contributed by atoms with van der Waals surface area (Å²) in [7, 11) is 0. The van der Waals surface area contributed by atoms with E-state index in [1.807, 2.05) is 0 Å². The first kappa shape index (κ1) is 87.2. The molecule has 9 fully saturated rings. The molecule has 0 aromatic rings. The topological polar surface area (TPSA) is 761 Å². The standard InChI is InChI=1S/C58H98N2O46/c1-12(70)59-23-32(79)42(21(10-68)90-50(23)89)99-51-24(60-13(2)71)33(80)43(22(11-69)98-51)100-53-40(87)44(30(77)19(8-66)92-53)102-56-48(37(84)28(75)16(5-63)95-56)105-58-49(38(85)29(76)18(7-65)97-58)106-57-47(36(83)27(74)17(6-64)96-57)104-54-41(88)45(31(78)20(9-67)93-54)101-55-46(35(82)26(73)15(4-62)94-55)103-52-39(86)34(81)25(72)14(3-61)91-52/h14-58,61-69,72-89H,3-11H2,1-2H3,(H,59,70)(H,60,71)/t14-,15-,16-,17-,18-,19-,20-,21-,22-,23-,24-,25-,26-,27-,28-,29-,30-,31-,32-,33-,34+,35+,36+,37+,38+,39-,40+,41-,42-,43-,44+,45+,46-,47+,48+,49+,50-,51+,52-,53+,54-,55-,56-,57-,58-/m1/s1. The molecule has 9 heterocycles. The number of carbonyl (C=O) groups is 2.